The van der Waals surface area contributed by atoms with Crippen LogP contribution >= 0.6 is 0 Å². The molecule has 2 rings (SSSR count). The van der Waals surface area contributed by atoms with Crippen LogP contribution < -0.4 is 5.14 Å². The Hall–Kier alpha value is -0.890. The highest BCUT2D eigenvalue weighted by Gasteiger charge is 2.31. The van der Waals surface area contributed by atoms with Crippen molar-refractivity contribution in [1.29, 1.82) is 0 Å². The predicted octanol–water partition coefficient (Wildman–Crippen LogP) is 3.38. The highest BCUT2D eigenvalue weighted by Crippen LogP contribution is 2.35. The van der Waals surface area contributed by atoms with Gasteiger partial charge in [0.25, 0.3) is 0 Å². The van der Waals surface area contributed by atoms with Crippen molar-refractivity contribution in [2.24, 2.45) is 5.14 Å². The van der Waals surface area contributed by atoms with E-state index < -0.39 is 27.4 Å². The van der Waals surface area contributed by atoms with E-state index in [1.54, 1.807) is 13.8 Å². The van der Waals surface area contributed by atoms with Gasteiger partial charge in [-0.25, -0.2) is 13.0 Å². The van der Waals surface area contributed by atoms with E-state index in [1.807, 2.05) is 0 Å². The lowest BCUT2D eigenvalue weighted by Gasteiger charge is -2.30. The minimum atomic E-state index is -1.57. The highest BCUT2D eigenvalue weighted by molar-refractivity contribution is 7.84. The van der Waals surface area contributed by atoms with Crippen LogP contribution in [0.15, 0.2) is 18.2 Å². The first kappa shape index (κ1) is 19.4. The lowest BCUT2D eigenvalue weighted by atomic mass is 9.86. The number of halogens is 2. The van der Waals surface area contributed by atoms with Crippen molar-refractivity contribution in [3.63, 3.8) is 0 Å². The fourth-order valence-electron chi connectivity index (χ4n) is 2.91. The molecule has 1 fully saturated rings. The summed E-state index contributed by atoms with van der Waals surface area (Å²) < 4.78 is 49.9. The van der Waals surface area contributed by atoms with Crippen molar-refractivity contribution in [2.75, 3.05) is 13.2 Å². The van der Waals surface area contributed by atoms with Gasteiger partial charge in [-0.2, -0.15) is 0 Å². The normalized spacial score (nSPS) is 19.2. The van der Waals surface area contributed by atoms with Crippen LogP contribution in [-0.4, -0.2) is 28.5 Å². The Kier molecular flexibility index (Phi) is 6.86. The molecule has 2 N–H and O–H groups in total. The summed E-state index contributed by atoms with van der Waals surface area (Å²) in [5, 5.41) is 5.56. The van der Waals surface area contributed by atoms with Crippen LogP contribution in [-0.2, 0) is 20.5 Å². The lowest BCUT2D eigenvalue weighted by Crippen LogP contribution is -2.34. The minimum Gasteiger partial charge on any atom is -0.353 e. The van der Waals surface area contributed by atoms with E-state index in [0.29, 0.717) is 32.5 Å². The summed E-state index contributed by atoms with van der Waals surface area (Å²) in [5.74, 6) is -1.28. The van der Waals surface area contributed by atoms with Crippen molar-refractivity contribution >= 4 is 11.0 Å². The quantitative estimate of drug-likeness (QED) is 0.810. The Morgan fingerprint density at radius 3 is 2.62 bits per heavy atom. The molecule has 1 aliphatic rings. The van der Waals surface area contributed by atoms with Crippen LogP contribution in [0.25, 0.3) is 0 Å². The van der Waals surface area contributed by atoms with Crippen molar-refractivity contribution in [3.05, 3.63) is 35.4 Å². The monoisotopic (exact) mass is 361 g/mol. The highest BCUT2D eigenvalue weighted by atomic mass is 32.2. The molecule has 0 aliphatic carbocycles. The van der Waals surface area contributed by atoms with E-state index in [0.717, 1.165) is 18.6 Å². The SMILES string of the molecule is CC(C)(C[C@@H](CCC1OCCCO1)c1cc(F)ccc1F)S(N)=O. The van der Waals surface area contributed by atoms with E-state index in [1.165, 1.54) is 6.07 Å². The number of hydrogen-bond donors (Lipinski definition) is 1. The topological polar surface area (TPSA) is 61.6 Å². The third-order valence-corrected chi connectivity index (χ3v) is 5.58. The van der Waals surface area contributed by atoms with Crippen LogP contribution in [0.3, 0.4) is 0 Å². The van der Waals surface area contributed by atoms with Gasteiger partial charge in [0.1, 0.15) is 11.6 Å². The zero-order chi connectivity index (χ0) is 17.7. The van der Waals surface area contributed by atoms with Crippen molar-refractivity contribution in [3.8, 4) is 0 Å². The van der Waals surface area contributed by atoms with Gasteiger partial charge in [-0.05, 0) is 69.2 Å². The van der Waals surface area contributed by atoms with Crippen LogP contribution in [0.1, 0.15) is 51.0 Å². The Morgan fingerprint density at radius 2 is 2.00 bits per heavy atom. The number of hydrogen-bond acceptors (Lipinski definition) is 3. The van der Waals surface area contributed by atoms with Gasteiger partial charge in [0, 0.05) is 0 Å². The first-order chi connectivity index (χ1) is 11.3. The second-order valence-corrected chi connectivity index (χ2v) is 8.43. The van der Waals surface area contributed by atoms with E-state index in [9.17, 15) is 13.0 Å². The molecule has 1 unspecified atom stereocenters. The summed E-state index contributed by atoms with van der Waals surface area (Å²) in [7, 11) is -1.57. The fraction of sp³-hybridized carbons (Fsp3) is 0.647. The molecule has 136 valence electrons. The van der Waals surface area contributed by atoms with Gasteiger partial charge in [0.15, 0.2) is 6.29 Å². The van der Waals surface area contributed by atoms with Gasteiger partial charge in [0.2, 0.25) is 0 Å². The lowest BCUT2D eigenvalue weighted by molar-refractivity contribution is -0.182. The molecule has 4 nitrogen and oxygen atoms in total. The first-order valence-corrected chi connectivity index (χ1v) is 9.35. The third-order valence-electron chi connectivity index (χ3n) is 4.33. The minimum absolute atomic E-state index is 0.282. The van der Waals surface area contributed by atoms with Gasteiger partial charge in [0.05, 0.1) is 28.9 Å². The molecule has 1 aliphatic heterocycles. The van der Waals surface area contributed by atoms with Gasteiger partial charge >= 0.3 is 0 Å². The molecule has 0 radical (unpaired) electrons. The maximum Gasteiger partial charge on any atom is 0.157 e. The maximum atomic E-state index is 14.2. The molecule has 24 heavy (non-hydrogen) atoms. The number of nitrogens with two attached hydrogens (primary N) is 1. The molecular formula is C17H25F2NO3S. The molecule has 0 bridgehead atoms. The molecule has 0 amide bonds. The summed E-state index contributed by atoms with van der Waals surface area (Å²) in [4.78, 5) is 0. The number of benzene rings is 1. The zero-order valence-electron chi connectivity index (χ0n) is 14.1. The van der Waals surface area contributed by atoms with Gasteiger partial charge < -0.3 is 9.47 Å². The Labute approximate surface area is 144 Å². The smallest absolute Gasteiger partial charge is 0.157 e. The van der Waals surface area contributed by atoms with Crippen molar-refractivity contribution < 1.29 is 22.5 Å². The molecule has 0 aromatic heterocycles. The molecule has 2 atom stereocenters. The third kappa shape index (κ3) is 5.31. The summed E-state index contributed by atoms with van der Waals surface area (Å²) in [6.45, 7) is 4.81. The largest absolute Gasteiger partial charge is 0.353 e. The first-order valence-electron chi connectivity index (χ1n) is 8.14. The molecule has 1 aromatic carbocycles. The summed E-state index contributed by atoms with van der Waals surface area (Å²) >= 11 is 0. The molecule has 1 heterocycles. The fourth-order valence-corrected chi connectivity index (χ4v) is 3.28. The van der Waals surface area contributed by atoms with E-state index in [2.05, 4.69) is 0 Å². The predicted molar refractivity (Wildman–Crippen MR) is 89.7 cm³/mol. The molecule has 1 aromatic rings. The van der Waals surface area contributed by atoms with E-state index >= 15 is 0 Å². The summed E-state index contributed by atoms with van der Waals surface area (Å²) in [5.41, 5.74) is 0.282. The average Bonchev–Trinajstić information content (AvgIpc) is 2.54. The molecule has 0 saturated carbocycles. The number of ether oxygens (including phenoxy) is 2. The van der Waals surface area contributed by atoms with Crippen molar-refractivity contribution in [1.82, 2.24) is 0 Å². The Bertz CT molecular complexity index is 577. The van der Waals surface area contributed by atoms with Gasteiger partial charge in [-0.1, -0.05) is 0 Å². The maximum absolute atomic E-state index is 14.2. The second kappa shape index (κ2) is 8.47. The second-order valence-electron chi connectivity index (χ2n) is 6.73. The van der Waals surface area contributed by atoms with Crippen LogP contribution in [0.2, 0.25) is 0 Å². The molecule has 7 heteroatoms. The molecule has 1 saturated heterocycles. The van der Waals surface area contributed by atoms with Crippen LogP contribution in [0, 0.1) is 11.6 Å². The van der Waals surface area contributed by atoms with Gasteiger partial charge in [-0.3, -0.25) is 5.14 Å². The standard InChI is InChI=1S/C17H25F2NO3S/c1-17(2,24(20)21)11-12(4-7-16-22-8-3-9-23-16)14-10-13(18)5-6-15(14)19/h5-6,10,12,16H,3-4,7-9,11,20H2,1-2H3/t12-,24?/m1/s1. The Morgan fingerprint density at radius 1 is 1.33 bits per heavy atom. The molecular weight excluding hydrogens is 336 g/mol. The summed E-state index contributed by atoms with van der Waals surface area (Å²) in [6, 6.07) is 3.42. The van der Waals surface area contributed by atoms with Crippen LogP contribution in [0.4, 0.5) is 8.78 Å². The Balaban J connectivity index is 2.16. The molecule has 0 spiro atoms. The van der Waals surface area contributed by atoms with Crippen LogP contribution in [0.5, 0.6) is 0 Å². The van der Waals surface area contributed by atoms with E-state index in [-0.39, 0.29) is 17.8 Å². The van der Waals surface area contributed by atoms with E-state index in [4.69, 9.17) is 14.6 Å². The number of rotatable bonds is 7. The van der Waals surface area contributed by atoms with Gasteiger partial charge in [-0.15, -0.1) is 0 Å². The average molecular weight is 361 g/mol. The summed E-state index contributed by atoms with van der Waals surface area (Å²) in [6.07, 6.45) is 2.00. The van der Waals surface area contributed by atoms with Crippen molar-refractivity contribution in [2.45, 2.75) is 56.5 Å². The zero-order valence-corrected chi connectivity index (χ0v) is 14.9.